The number of ether oxygens (including phenoxy) is 1. The van der Waals surface area contributed by atoms with Gasteiger partial charge in [0.2, 0.25) is 5.91 Å². The van der Waals surface area contributed by atoms with Crippen molar-refractivity contribution in [3.63, 3.8) is 0 Å². The number of fused-ring (bicyclic) bond motifs is 1. The van der Waals surface area contributed by atoms with Crippen molar-refractivity contribution < 1.29 is 17.9 Å². The molecule has 0 aromatic heterocycles. The van der Waals surface area contributed by atoms with E-state index in [1.807, 2.05) is 6.92 Å². The van der Waals surface area contributed by atoms with Gasteiger partial charge in [0, 0.05) is 28.3 Å². The molecule has 1 saturated carbocycles. The normalized spacial score (nSPS) is 18.8. The second-order valence-corrected chi connectivity index (χ2v) is 10.5. The largest absolute Gasteiger partial charge is 0.494 e. The Morgan fingerprint density at radius 2 is 1.93 bits per heavy atom. The smallest absolute Gasteiger partial charge is 0.261 e. The first-order valence-electron chi connectivity index (χ1n) is 9.75. The van der Waals surface area contributed by atoms with Gasteiger partial charge in [0.15, 0.2) is 0 Å². The molecule has 1 aliphatic carbocycles. The monoisotopic (exact) mass is 432 g/mol. The molecule has 0 spiro atoms. The molecule has 6 nitrogen and oxygen atoms in total. The van der Waals surface area contributed by atoms with Gasteiger partial charge in [0.05, 0.1) is 17.2 Å². The fraction of sp³-hybridized carbons (Fsp3) is 0.381. The molecular weight excluding hydrogens is 408 g/mol. The molecule has 1 heterocycles. The Balaban J connectivity index is 1.61. The van der Waals surface area contributed by atoms with E-state index in [1.165, 1.54) is 0 Å². The topological polar surface area (TPSA) is 75.7 Å². The van der Waals surface area contributed by atoms with E-state index in [4.69, 9.17) is 4.74 Å². The number of rotatable bonds is 6. The molecule has 0 bridgehead atoms. The van der Waals surface area contributed by atoms with Crippen LogP contribution < -0.4 is 14.4 Å². The van der Waals surface area contributed by atoms with Crippen molar-refractivity contribution in [2.45, 2.75) is 41.7 Å². The van der Waals surface area contributed by atoms with Crippen molar-refractivity contribution >= 4 is 39.1 Å². The van der Waals surface area contributed by atoms with E-state index in [-0.39, 0.29) is 22.0 Å². The second kappa shape index (κ2) is 7.91. The molecule has 1 aliphatic heterocycles. The summed E-state index contributed by atoms with van der Waals surface area (Å²) in [4.78, 5) is 15.6. The van der Waals surface area contributed by atoms with E-state index in [0.29, 0.717) is 30.3 Å². The number of anilines is 2. The molecule has 154 valence electrons. The third kappa shape index (κ3) is 4.38. The van der Waals surface area contributed by atoms with Gasteiger partial charge >= 0.3 is 0 Å². The van der Waals surface area contributed by atoms with E-state index in [1.54, 1.807) is 59.1 Å². The Bertz CT molecular complexity index is 1020. The van der Waals surface area contributed by atoms with Crippen LogP contribution in [0.1, 0.15) is 26.7 Å². The van der Waals surface area contributed by atoms with Crippen LogP contribution in [-0.4, -0.2) is 32.7 Å². The van der Waals surface area contributed by atoms with Crippen molar-refractivity contribution in [3.8, 4) is 5.75 Å². The highest BCUT2D eigenvalue weighted by Crippen LogP contribution is 2.42. The van der Waals surface area contributed by atoms with Crippen molar-refractivity contribution in [1.82, 2.24) is 0 Å². The summed E-state index contributed by atoms with van der Waals surface area (Å²) >= 11 is 1.67. The number of nitrogens with zero attached hydrogens (tertiary/aromatic N) is 1. The molecule has 1 unspecified atom stereocenters. The Morgan fingerprint density at radius 3 is 2.59 bits per heavy atom. The lowest BCUT2D eigenvalue weighted by Gasteiger charge is -2.33. The van der Waals surface area contributed by atoms with Crippen LogP contribution in [0, 0.1) is 5.92 Å². The number of benzene rings is 2. The summed E-state index contributed by atoms with van der Waals surface area (Å²) in [5.74, 6) is 0.873. The highest BCUT2D eigenvalue weighted by molar-refractivity contribution is 8.00. The predicted molar refractivity (Wildman–Crippen MR) is 115 cm³/mol. The van der Waals surface area contributed by atoms with E-state index in [2.05, 4.69) is 11.6 Å². The first-order valence-corrected chi connectivity index (χ1v) is 12.1. The third-order valence-corrected chi connectivity index (χ3v) is 7.44. The maximum absolute atomic E-state index is 12.9. The molecule has 2 aliphatic rings. The van der Waals surface area contributed by atoms with Crippen LogP contribution in [-0.2, 0) is 14.8 Å². The van der Waals surface area contributed by atoms with Crippen molar-refractivity contribution in [2.75, 3.05) is 22.8 Å². The molecule has 2 aromatic carbocycles. The van der Waals surface area contributed by atoms with E-state index in [0.717, 1.165) is 17.7 Å². The van der Waals surface area contributed by atoms with Crippen LogP contribution in [0.4, 0.5) is 11.4 Å². The Labute approximate surface area is 175 Å². The number of nitrogens with one attached hydrogen (secondary N) is 1. The van der Waals surface area contributed by atoms with E-state index in [9.17, 15) is 13.2 Å². The van der Waals surface area contributed by atoms with Crippen LogP contribution in [0.15, 0.2) is 52.3 Å². The van der Waals surface area contributed by atoms with Gasteiger partial charge in [0.25, 0.3) is 10.0 Å². The fourth-order valence-electron chi connectivity index (χ4n) is 3.34. The molecule has 1 atom stereocenters. The maximum Gasteiger partial charge on any atom is 0.261 e. The number of carbonyl (C=O) groups excluding carboxylic acids is 1. The minimum Gasteiger partial charge on any atom is -0.494 e. The Morgan fingerprint density at radius 1 is 1.21 bits per heavy atom. The summed E-state index contributed by atoms with van der Waals surface area (Å²) in [6, 6.07) is 11.8. The highest BCUT2D eigenvalue weighted by atomic mass is 32.2. The van der Waals surface area contributed by atoms with Gasteiger partial charge in [-0.25, -0.2) is 8.42 Å². The summed E-state index contributed by atoms with van der Waals surface area (Å²) in [5.41, 5.74) is 1.15. The first-order chi connectivity index (χ1) is 13.9. The van der Waals surface area contributed by atoms with Gasteiger partial charge in [-0.3, -0.25) is 9.52 Å². The minimum absolute atomic E-state index is 0.0837. The number of hydrogen-bond donors (Lipinski definition) is 1. The van der Waals surface area contributed by atoms with Gasteiger partial charge < -0.3 is 9.64 Å². The lowest BCUT2D eigenvalue weighted by Crippen LogP contribution is -2.39. The van der Waals surface area contributed by atoms with Crippen LogP contribution >= 0.6 is 11.8 Å². The van der Waals surface area contributed by atoms with Gasteiger partial charge in [-0.1, -0.05) is 6.92 Å². The molecule has 0 radical (unpaired) electrons. The maximum atomic E-state index is 12.9. The molecule has 1 N–H and O–H groups in total. The summed E-state index contributed by atoms with van der Waals surface area (Å²) in [6.07, 6.45) is 1.84. The summed E-state index contributed by atoms with van der Waals surface area (Å²) in [6.45, 7) is 5.12. The standard InChI is InChI=1S/C21H24N2O4S2/c1-3-27-17-8-6-16(7-9-17)22-29(25,26)18-10-11-20-19(12-18)23(13-14(2)28-20)21(24)15-4-5-15/h6-12,14-15,22H,3-5,13H2,1-2H3. The summed E-state index contributed by atoms with van der Waals surface area (Å²) < 4.78 is 33.9. The van der Waals surface area contributed by atoms with Crippen LogP contribution in [0.5, 0.6) is 5.75 Å². The minimum atomic E-state index is -3.78. The number of thioether (sulfide) groups is 1. The molecule has 29 heavy (non-hydrogen) atoms. The lowest BCUT2D eigenvalue weighted by molar-refractivity contribution is -0.119. The van der Waals surface area contributed by atoms with Gasteiger partial charge in [0.1, 0.15) is 5.75 Å². The summed E-state index contributed by atoms with van der Waals surface area (Å²) in [7, 11) is -3.78. The highest BCUT2D eigenvalue weighted by Gasteiger charge is 2.37. The molecule has 4 rings (SSSR count). The third-order valence-electron chi connectivity index (χ3n) is 4.91. The number of hydrogen-bond acceptors (Lipinski definition) is 5. The molecule has 1 amide bonds. The zero-order chi connectivity index (χ0) is 20.6. The lowest BCUT2D eigenvalue weighted by atomic mass is 10.2. The predicted octanol–water partition coefficient (Wildman–Crippen LogP) is 4.12. The molecule has 8 heteroatoms. The van der Waals surface area contributed by atoms with Crippen molar-refractivity contribution in [1.29, 1.82) is 0 Å². The van der Waals surface area contributed by atoms with E-state index < -0.39 is 10.0 Å². The molecular formula is C21H24N2O4S2. The summed E-state index contributed by atoms with van der Waals surface area (Å²) in [5, 5.41) is 0.273. The Kier molecular flexibility index (Phi) is 5.48. The SMILES string of the molecule is CCOc1ccc(NS(=O)(=O)c2ccc3c(c2)N(C(=O)C2CC2)CC(C)S3)cc1. The number of carbonyl (C=O) groups is 1. The van der Waals surface area contributed by atoms with Crippen LogP contribution in [0.2, 0.25) is 0 Å². The van der Waals surface area contributed by atoms with Gasteiger partial charge in [-0.2, -0.15) is 0 Å². The van der Waals surface area contributed by atoms with Crippen LogP contribution in [0.3, 0.4) is 0 Å². The zero-order valence-electron chi connectivity index (χ0n) is 16.4. The number of sulfonamides is 1. The van der Waals surface area contributed by atoms with Crippen LogP contribution in [0.25, 0.3) is 0 Å². The zero-order valence-corrected chi connectivity index (χ0v) is 18.1. The molecule has 0 saturated heterocycles. The quantitative estimate of drug-likeness (QED) is 0.743. The van der Waals surface area contributed by atoms with Gasteiger partial charge in [-0.05, 0) is 62.2 Å². The first kappa shape index (κ1) is 20.1. The Hall–Kier alpha value is -2.19. The van der Waals surface area contributed by atoms with Crippen molar-refractivity contribution in [2.24, 2.45) is 5.92 Å². The molecule has 2 aromatic rings. The fourth-order valence-corrected chi connectivity index (χ4v) is 5.52. The van der Waals surface area contributed by atoms with Gasteiger partial charge in [-0.15, -0.1) is 11.8 Å². The van der Waals surface area contributed by atoms with E-state index >= 15 is 0 Å². The second-order valence-electron chi connectivity index (χ2n) is 7.34. The molecule has 1 fully saturated rings. The number of amides is 1. The average Bonchev–Trinajstić information content (AvgIpc) is 3.53. The average molecular weight is 433 g/mol. The van der Waals surface area contributed by atoms with Crippen molar-refractivity contribution in [3.05, 3.63) is 42.5 Å².